The van der Waals surface area contributed by atoms with Gasteiger partial charge in [0, 0.05) is 24.0 Å². The fraction of sp³-hybridized carbons (Fsp3) is 0.438. The van der Waals surface area contributed by atoms with Crippen LogP contribution in [0.25, 0.3) is 11.1 Å². The van der Waals surface area contributed by atoms with Crippen LogP contribution in [0.15, 0.2) is 22.6 Å². The van der Waals surface area contributed by atoms with Gasteiger partial charge in [-0.15, -0.1) is 0 Å². The molecule has 7 nitrogen and oxygen atoms in total. The summed E-state index contributed by atoms with van der Waals surface area (Å²) in [5.74, 6) is -0.214. The van der Waals surface area contributed by atoms with Crippen LogP contribution in [0.2, 0.25) is 5.02 Å². The van der Waals surface area contributed by atoms with E-state index in [1.54, 1.807) is 25.1 Å². The zero-order valence-corrected chi connectivity index (χ0v) is 14.3. The highest BCUT2D eigenvalue weighted by Gasteiger charge is 2.35. The average molecular weight is 351 g/mol. The quantitative estimate of drug-likeness (QED) is 0.880. The van der Waals surface area contributed by atoms with Crippen molar-refractivity contribution in [3.05, 3.63) is 23.2 Å². The molecule has 0 unspecified atom stereocenters. The second-order valence-corrected chi connectivity index (χ2v) is 6.37. The van der Waals surface area contributed by atoms with Crippen molar-refractivity contribution in [2.45, 2.75) is 31.8 Å². The second-order valence-electron chi connectivity index (χ2n) is 5.93. The van der Waals surface area contributed by atoms with E-state index in [-0.39, 0.29) is 29.9 Å². The topological polar surface area (TPSA) is 87.5 Å². The summed E-state index contributed by atoms with van der Waals surface area (Å²) in [5.41, 5.74) is 1.15. The predicted octanol–water partition coefficient (Wildman–Crippen LogP) is 2.02. The normalized spacial score (nSPS) is 21.1. The Kier molecular flexibility index (Phi) is 4.73. The van der Waals surface area contributed by atoms with Crippen LogP contribution in [0.5, 0.6) is 0 Å². The Morgan fingerprint density at radius 2 is 2.25 bits per heavy atom. The number of nitrogens with one attached hydrogen (secondary N) is 2. The number of carbonyl (C=O) groups excluding carboxylic acids is 2. The van der Waals surface area contributed by atoms with Gasteiger partial charge in [-0.2, -0.15) is 4.98 Å². The first-order valence-electron chi connectivity index (χ1n) is 7.83. The van der Waals surface area contributed by atoms with Gasteiger partial charge in [0.15, 0.2) is 5.58 Å². The van der Waals surface area contributed by atoms with Crippen molar-refractivity contribution >= 4 is 40.5 Å². The Morgan fingerprint density at radius 3 is 3.00 bits per heavy atom. The van der Waals surface area contributed by atoms with E-state index >= 15 is 0 Å². The highest BCUT2D eigenvalue weighted by atomic mass is 35.5. The summed E-state index contributed by atoms with van der Waals surface area (Å²) in [6.45, 7) is 2.44. The summed E-state index contributed by atoms with van der Waals surface area (Å²) in [7, 11) is 1.86. The second kappa shape index (κ2) is 6.78. The Balaban J connectivity index is 1.66. The standard InChI is InChI=1S/C16H19ClN4O3/c1-3-14(22)18-10-7-12(21(2)8-10)15(23)20-16-19-11-6-9(17)4-5-13(11)24-16/h4-6,10,12H,3,7-8H2,1-2H3,(H,18,22)(H,19,20,23)/t10-,12+/m1/s1. The number of rotatable bonds is 4. The van der Waals surface area contributed by atoms with Crippen molar-refractivity contribution in [3.8, 4) is 0 Å². The smallest absolute Gasteiger partial charge is 0.302 e. The van der Waals surface area contributed by atoms with Crippen LogP contribution in [0.1, 0.15) is 19.8 Å². The zero-order valence-electron chi connectivity index (χ0n) is 13.5. The van der Waals surface area contributed by atoms with Crippen LogP contribution in [0, 0.1) is 0 Å². The summed E-state index contributed by atoms with van der Waals surface area (Å²) < 4.78 is 5.51. The van der Waals surface area contributed by atoms with E-state index in [9.17, 15) is 9.59 Å². The minimum Gasteiger partial charge on any atom is -0.423 e. The van der Waals surface area contributed by atoms with Crippen LogP contribution in [-0.2, 0) is 9.59 Å². The number of nitrogens with zero attached hydrogens (tertiary/aromatic N) is 2. The molecule has 0 radical (unpaired) electrons. The lowest BCUT2D eigenvalue weighted by Gasteiger charge is -2.16. The van der Waals surface area contributed by atoms with Gasteiger partial charge in [0.2, 0.25) is 11.8 Å². The van der Waals surface area contributed by atoms with Gasteiger partial charge in [-0.25, -0.2) is 0 Å². The number of amides is 2. The zero-order chi connectivity index (χ0) is 17.3. The molecule has 128 valence electrons. The number of likely N-dealkylation sites (N-methyl/N-ethyl adjacent to an activating group) is 1. The number of benzene rings is 1. The van der Waals surface area contributed by atoms with Crippen LogP contribution < -0.4 is 10.6 Å². The molecule has 3 rings (SSSR count). The lowest BCUT2D eigenvalue weighted by Crippen LogP contribution is -2.37. The third kappa shape index (κ3) is 3.52. The maximum absolute atomic E-state index is 12.5. The number of hydrogen-bond donors (Lipinski definition) is 2. The van der Waals surface area contributed by atoms with E-state index in [0.717, 1.165) is 0 Å². The molecule has 0 spiro atoms. The largest absolute Gasteiger partial charge is 0.423 e. The van der Waals surface area contributed by atoms with Gasteiger partial charge in [0.1, 0.15) is 5.52 Å². The lowest BCUT2D eigenvalue weighted by molar-refractivity contribution is -0.122. The van der Waals surface area contributed by atoms with E-state index in [1.165, 1.54) is 0 Å². The van der Waals surface area contributed by atoms with Crippen molar-refractivity contribution in [1.82, 2.24) is 15.2 Å². The van der Waals surface area contributed by atoms with Gasteiger partial charge >= 0.3 is 6.01 Å². The van der Waals surface area contributed by atoms with Gasteiger partial charge in [0.25, 0.3) is 0 Å². The summed E-state index contributed by atoms with van der Waals surface area (Å²) in [6, 6.07) is 4.86. The maximum atomic E-state index is 12.5. The van der Waals surface area contributed by atoms with Crippen LogP contribution >= 0.6 is 11.6 Å². The Labute approximate surface area is 144 Å². The molecule has 2 amide bonds. The molecule has 2 aromatic rings. The van der Waals surface area contributed by atoms with Gasteiger partial charge < -0.3 is 9.73 Å². The van der Waals surface area contributed by atoms with Gasteiger partial charge in [-0.3, -0.25) is 19.8 Å². The fourth-order valence-corrected chi connectivity index (χ4v) is 3.05. The van der Waals surface area contributed by atoms with Gasteiger partial charge in [-0.05, 0) is 31.7 Å². The number of hydrogen-bond acceptors (Lipinski definition) is 5. The molecule has 1 aromatic heterocycles. The molecule has 8 heteroatoms. The van der Waals surface area contributed by atoms with Crippen molar-refractivity contribution in [3.63, 3.8) is 0 Å². The number of aromatic nitrogens is 1. The Hall–Kier alpha value is -2.12. The summed E-state index contributed by atoms with van der Waals surface area (Å²) in [5, 5.41) is 6.17. The molecular formula is C16H19ClN4O3. The first-order chi connectivity index (χ1) is 11.5. The lowest BCUT2D eigenvalue weighted by atomic mass is 10.1. The number of anilines is 1. The molecule has 0 bridgehead atoms. The first-order valence-corrected chi connectivity index (χ1v) is 8.20. The SMILES string of the molecule is CCC(=O)N[C@@H]1C[C@@H](C(=O)Nc2nc3cc(Cl)ccc3o2)N(C)C1. The number of carbonyl (C=O) groups is 2. The molecule has 24 heavy (non-hydrogen) atoms. The number of fused-ring (bicyclic) bond motifs is 1. The molecule has 2 N–H and O–H groups in total. The Morgan fingerprint density at radius 1 is 1.46 bits per heavy atom. The van der Waals surface area contributed by atoms with Crippen LogP contribution in [0.3, 0.4) is 0 Å². The van der Waals surface area contributed by atoms with E-state index < -0.39 is 0 Å². The van der Waals surface area contributed by atoms with Crippen molar-refractivity contribution in [1.29, 1.82) is 0 Å². The van der Waals surface area contributed by atoms with Crippen LogP contribution in [-0.4, -0.2) is 47.4 Å². The molecule has 2 heterocycles. The van der Waals surface area contributed by atoms with Crippen LogP contribution in [0.4, 0.5) is 6.01 Å². The van der Waals surface area contributed by atoms with E-state index in [2.05, 4.69) is 15.6 Å². The summed E-state index contributed by atoms with van der Waals surface area (Å²) >= 11 is 5.92. The minimum absolute atomic E-state index is 0.00899. The van der Waals surface area contributed by atoms with Gasteiger partial charge in [0.05, 0.1) is 6.04 Å². The minimum atomic E-state index is -0.342. The highest BCUT2D eigenvalue weighted by Crippen LogP contribution is 2.23. The molecule has 0 aliphatic carbocycles. The third-order valence-electron chi connectivity index (χ3n) is 4.12. The maximum Gasteiger partial charge on any atom is 0.302 e. The van der Waals surface area contributed by atoms with Crippen molar-refractivity contribution < 1.29 is 14.0 Å². The monoisotopic (exact) mass is 350 g/mol. The summed E-state index contributed by atoms with van der Waals surface area (Å²) in [6.07, 6.45) is 0.989. The van der Waals surface area contributed by atoms with Gasteiger partial charge in [-0.1, -0.05) is 18.5 Å². The molecule has 0 saturated carbocycles. The summed E-state index contributed by atoms with van der Waals surface area (Å²) in [4.78, 5) is 30.1. The van der Waals surface area contributed by atoms with Crippen molar-refractivity contribution in [2.75, 3.05) is 18.9 Å². The fourth-order valence-electron chi connectivity index (χ4n) is 2.88. The van der Waals surface area contributed by atoms with E-state index in [4.69, 9.17) is 16.0 Å². The van der Waals surface area contributed by atoms with E-state index in [1.807, 2.05) is 11.9 Å². The molecule has 1 aromatic carbocycles. The highest BCUT2D eigenvalue weighted by molar-refractivity contribution is 6.31. The molecule has 1 aliphatic heterocycles. The predicted molar refractivity (Wildman–Crippen MR) is 90.9 cm³/mol. The number of oxazole rings is 1. The molecule has 1 saturated heterocycles. The molecule has 1 aliphatic rings. The molecule has 1 fully saturated rings. The Bertz CT molecular complexity index is 776. The molecule has 2 atom stereocenters. The molecular weight excluding hydrogens is 332 g/mol. The number of halogens is 1. The number of likely N-dealkylation sites (tertiary alicyclic amines) is 1. The average Bonchev–Trinajstić information content (AvgIpc) is 3.09. The van der Waals surface area contributed by atoms with Crippen molar-refractivity contribution in [2.24, 2.45) is 0 Å². The first kappa shape index (κ1) is 16.7. The third-order valence-corrected chi connectivity index (χ3v) is 4.35. The van der Waals surface area contributed by atoms with E-state index in [0.29, 0.717) is 35.5 Å².